The van der Waals surface area contributed by atoms with Gasteiger partial charge in [0.05, 0.1) is 0 Å². The van der Waals surface area contributed by atoms with Crippen LogP contribution in [0.15, 0.2) is 0 Å². The quantitative estimate of drug-likeness (QED) is 0.523. The van der Waals surface area contributed by atoms with Gasteiger partial charge in [0.2, 0.25) is 0 Å². The highest BCUT2D eigenvalue weighted by Gasteiger charge is 2.02. The Balaban J connectivity index is 3.26. The molecule has 0 rings (SSSR count). The number of rotatable bonds is 4. The first-order chi connectivity index (χ1) is 4.16. The number of nitrogens with one attached hydrogen (secondary N) is 1. The second-order valence-corrected chi connectivity index (χ2v) is 1.98. The topological polar surface area (TPSA) is 49.3 Å². The maximum atomic E-state index is 10.3. The molecular weight excluding hydrogens is 118 g/mol. The fourth-order valence-electron chi connectivity index (χ4n) is 0.580. The predicted molar refractivity (Wildman–Crippen MR) is 35.0 cm³/mol. The molecule has 0 saturated heterocycles. The van der Waals surface area contributed by atoms with Crippen molar-refractivity contribution in [3.05, 3.63) is 0 Å². The molecule has 2 N–H and O–H groups in total. The van der Waals surface area contributed by atoms with E-state index in [1.807, 2.05) is 6.92 Å². The average molecular weight is 131 g/mol. The minimum Gasteiger partial charge on any atom is -0.378 e. The van der Waals surface area contributed by atoms with Crippen molar-refractivity contribution in [2.24, 2.45) is 0 Å². The molecule has 0 aliphatic heterocycles. The van der Waals surface area contributed by atoms with Gasteiger partial charge in [-0.25, -0.2) is 0 Å². The fraction of sp³-hybridized carbons (Fsp3) is 0.833. The third-order valence-electron chi connectivity index (χ3n) is 0.921. The van der Waals surface area contributed by atoms with Crippen LogP contribution in [0.2, 0.25) is 0 Å². The van der Waals surface area contributed by atoms with E-state index in [2.05, 4.69) is 5.32 Å². The molecule has 0 fully saturated rings. The third kappa shape index (κ3) is 5.46. The molecule has 54 valence electrons. The van der Waals surface area contributed by atoms with E-state index in [0.29, 0.717) is 6.54 Å². The van der Waals surface area contributed by atoms with Crippen LogP contribution in [0.3, 0.4) is 0 Å². The summed E-state index contributed by atoms with van der Waals surface area (Å²) in [7, 11) is 0. The summed E-state index contributed by atoms with van der Waals surface area (Å²) in [4.78, 5) is 10.3. The first-order valence-electron chi connectivity index (χ1n) is 3.07. The molecule has 1 unspecified atom stereocenters. The summed E-state index contributed by atoms with van der Waals surface area (Å²) >= 11 is 0. The number of Topliss-reactive ketones (excluding diaryl/α,β-unsaturated/α-hetero) is 1. The molecule has 0 aromatic heterocycles. The van der Waals surface area contributed by atoms with E-state index in [1.54, 1.807) is 0 Å². The summed E-state index contributed by atoms with van der Waals surface area (Å²) in [5.41, 5.74) is 0. The molecule has 1 atom stereocenters. The van der Waals surface area contributed by atoms with E-state index >= 15 is 0 Å². The highest BCUT2D eigenvalue weighted by molar-refractivity contribution is 5.75. The van der Waals surface area contributed by atoms with E-state index in [9.17, 15) is 4.79 Å². The SMILES string of the molecule is CCNC(O)CC(C)=O. The van der Waals surface area contributed by atoms with Crippen molar-refractivity contribution in [1.29, 1.82) is 0 Å². The standard InChI is InChI=1S/C6H13NO2/c1-3-7-6(9)4-5(2)8/h6-7,9H,3-4H2,1-2H3. The van der Waals surface area contributed by atoms with E-state index in [0.717, 1.165) is 0 Å². The van der Waals surface area contributed by atoms with Crippen LogP contribution >= 0.6 is 0 Å². The molecule has 0 spiro atoms. The smallest absolute Gasteiger partial charge is 0.133 e. The van der Waals surface area contributed by atoms with E-state index in [1.165, 1.54) is 6.92 Å². The van der Waals surface area contributed by atoms with Crippen LogP contribution in [0.1, 0.15) is 20.3 Å². The minimum atomic E-state index is -0.660. The van der Waals surface area contributed by atoms with Gasteiger partial charge in [0.25, 0.3) is 0 Å². The van der Waals surface area contributed by atoms with Gasteiger partial charge in [-0.05, 0) is 13.5 Å². The predicted octanol–water partition coefficient (Wildman–Crippen LogP) is -0.107. The Morgan fingerprint density at radius 1 is 1.78 bits per heavy atom. The van der Waals surface area contributed by atoms with Crippen molar-refractivity contribution < 1.29 is 9.90 Å². The Labute approximate surface area is 55.1 Å². The molecule has 0 aromatic rings. The summed E-state index contributed by atoms with van der Waals surface area (Å²) < 4.78 is 0. The van der Waals surface area contributed by atoms with Crippen molar-refractivity contribution in [2.45, 2.75) is 26.5 Å². The van der Waals surface area contributed by atoms with Gasteiger partial charge in [0, 0.05) is 6.42 Å². The van der Waals surface area contributed by atoms with Gasteiger partial charge >= 0.3 is 0 Å². The molecule has 0 aliphatic carbocycles. The number of hydrogen-bond acceptors (Lipinski definition) is 3. The number of aliphatic hydroxyl groups is 1. The molecule has 3 nitrogen and oxygen atoms in total. The summed E-state index contributed by atoms with van der Waals surface area (Å²) in [6.45, 7) is 4.03. The van der Waals surface area contributed by atoms with Crippen LogP contribution in [0, 0.1) is 0 Å². The van der Waals surface area contributed by atoms with Crippen molar-refractivity contribution in [1.82, 2.24) is 5.32 Å². The van der Waals surface area contributed by atoms with Gasteiger partial charge in [-0.3, -0.25) is 10.1 Å². The molecule has 0 heterocycles. The largest absolute Gasteiger partial charge is 0.378 e. The Hall–Kier alpha value is -0.410. The highest BCUT2D eigenvalue weighted by Crippen LogP contribution is 1.86. The van der Waals surface area contributed by atoms with E-state index in [-0.39, 0.29) is 12.2 Å². The fourth-order valence-corrected chi connectivity index (χ4v) is 0.580. The molecule has 0 amide bonds. The Morgan fingerprint density at radius 2 is 2.33 bits per heavy atom. The van der Waals surface area contributed by atoms with Crippen LogP contribution in [-0.4, -0.2) is 23.7 Å². The van der Waals surface area contributed by atoms with Crippen LogP contribution in [0.4, 0.5) is 0 Å². The number of hydrogen-bond donors (Lipinski definition) is 2. The summed E-state index contributed by atoms with van der Waals surface area (Å²) in [6.07, 6.45) is -0.458. The van der Waals surface area contributed by atoms with Gasteiger partial charge in [-0.2, -0.15) is 0 Å². The summed E-state index contributed by atoms with van der Waals surface area (Å²) in [6, 6.07) is 0. The normalized spacial score (nSPS) is 13.2. The van der Waals surface area contributed by atoms with Gasteiger partial charge in [-0.15, -0.1) is 0 Å². The summed E-state index contributed by atoms with van der Waals surface area (Å²) in [5, 5.41) is 11.6. The first-order valence-corrected chi connectivity index (χ1v) is 3.07. The van der Waals surface area contributed by atoms with Crippen molar-refractivity contribution in [2.75, 3.05) is 6.54 Å². The van der Waals surface area contributed by atoms with Crippen molar-refractivity contribution in [3.63, 3.8) is 0 Å². The minimum absolute atomic E-state index is 0.00319. The molecule has 0 bridgehead atoms. The van der Waals surface area contributed by atoms with Crippen LogP contribution in [0.5, 0.6) is 0 Å². The lowest BCUT2D eigenvalue weighted by Crippen LogP contribution is -2.29. The monoisotopic (exact) mass is 131 g/mol. The molecule has 0 saturated carbocycles. The third-order valence-corrected chi connectivity index (χ3v) is 0.921. The second kappa shape index (κ2) is 4.47. The number of aliphatic hydroxyl groups excluding tert-OH is 1. The van der Waals surface area contributed by atoms with Crippen molar-refractivity contribution in [3.8, 4) is 0 Å². The lowest BCUT2D eigenvalue weighted by Gasteiger charge is -2.07. The van der Waals surface area contributed by atoms with Crippen LogP contribution in [0.25, 0.3) is 0 Å². The Kier molecular flexibility index (Phi) is 4.26. The number of carbonyl (C=O) groups is 1. The van der Waals surface area contributed by atoms with E-state index < -0.39 is 6.23 Å². The van der Waals surface area contributed by atoms with Crippen LogP contribution in [-0.2, 0) is 4.79 Å². The zero-order chi connectivity index (χ0) is 7.28. The first kappa shape index (κ1) is 8.59. The molecule has 3 heteroatoms. The molecular formula is C6H13NO2. The average Bonchev–Trinajstić information content (AvgIpc) is 1.63. The van der Waals surface area contributed by atoms with Gasteiger partial charge in [0.15, 0.2) is 0 Å². The molecule has 0 aliphatic rings. The zero-order valence-electron chi connectivity index (χ0n) is 5.85. The maximum absolute atomic E-state index is 10.3. The van der Waals surface area contributed by atoms with Crippen molar-refractivity contribution >= 4 is 5.78 Å². The van der Waals surface area contributed by atoms with Gasteiger partial charge in [-0.1, -0.05) is 6.92 Å². The zero-order valence-corrected chi connectivity index (χ0v) is 5.85. The maximum Gasteiger partial charge on any atom is 0.133 e. The number of carbonyl (C=O) groups excluding carboxylic acids is 1. The van der Waals surface area contributed by atoms with Gasteiger partial charge in [0.1, 0.15) is 12.0 Å². The number of ketones is 1. The van der Waals surface area contributed by atoms with Crippen LogP contribution < -0.4 is 5.32 Å². The summed E-state index contributed by atoms with van der Waals surface area (Å²) in [5.74, 6) is 0.00319. The van der Waals surface area contributed by atoms with E-state index in [4.69, 9.17) is 5.11 Å². The lowest BCUT2D eigenvalue weighted by atomic mass is 10.3. The Morgan fingerprint density at radius 3 is 2.67 bits per heavy atom. The highest BCUT2D eigenvalue weighted by atomic mass is 16.3. The lowest BCUT2D eigenvalue weighted by molar-refractivity contribution is -0.119. The second-order valence-electron chi connectivity index (χ2n) is 1.98. The Bertz CT molecular complexity index is 93.1. The van der Waals surface area contributed by atoms with Gasteiger partial charge < -0.3 is 5.11 Å². The molecule has 0 aromatic carbocycles. The molecule has 0 radical (unpaired) electrons. The molecule has 9 heavy (non-hydrogen) atoms.